The number of aromatic hydroxyl groups is 1. The molecule has 4 aromatic rings. The first-order valence-corrected chi connectivity index (χ1v) is 20.8. The smallest absolute Gasteiger partial charge is 0.262 e. The Morgan fingerprint density at radius 1 is 0.793 bits per heavy atom. The first-order valence-electron chi connectivity index (χ1n) is 20.8. The van der Waals surface area contributed by atoms with Crippen LogP contribution < -0.4 is 10.1 Å². The van der Waals surface area contributed by atoms with Crippen molar-refractivity contribution in [3.8, 4) is 11.5 Å². The molecule has 296 valence electrons. The van der Waals surface area contributed by atoms with Crippen LogP contribution in [0.15, 0.2) is 97.2 Å². The number of amides is 4. The van der Waals surface area contributed by atoms with Gasteiger partial charge in [0.25, 0.3) is 11.8 Å². The first-order chi connectivity index (χ1) is 28.1. The van der Waals surface area contributed by atoms with Gasteiger partial charge in [-0.3, -0.25) is 29.0 Å². The lowest BCUT2D eigenvalue weighted by Gasteiger charge is -2.53. The van der Waals surface area contributed by atoms with E-state index >= 15 is 0 Å². The van der Waals surface area contributed by atoms with Crippen molar-refractivity contribution in [3.05, 3.63) is 142 Å². The van der Waals surface area contributed by atoms with Crippen molar-refractivity contribution < 1.29 is 29.0 Å². The number of phenols is 1. The van der Waals surface area contributed by atoms with Crippen LogP contribution in [0, 0.1) is 5.41 Å². The Morgan fingerprint density at radius 2 is 1.48 bits per heavy atom. The predicted molar refractivity (Wildman–Crippen MR) is 217 cm³/mol. The Bertz CT molecular complexity index is 2300. The fraction of sp³-hybridized carbons (Fsp3) is 0.375. The van der Waals surface area contributed by atoms with Gasteiger partial charge in [0.1, 0.15) is 17.5 Å². The third-order valence-corrected chi connectivity index (χ3v) is 13.8. The van der Waals surface area contributed by atoms with Gasteiger partial charge < -0.3 is 20.1 Å². The average molecular weight is 777 g/mol. The first kappa shape index (κ1) is 36.6. The van der Waals surface area contributed by atoms with Gasteiger partial charge in [-0.1, -0.05) is 55.1 Å². The van der Waals surface area contributed by atoms with Crippen molar-refractivity contribution in [2.45, 2.75) is 88.4 Å². The fourth-order valence-corrected chi connectivity index (χ4v) is 10.7. The summed E-state index contributed by atoms with van der Waals surface area (Å²) in [6.45, 7) is 6.69. The number of carbonyl (C=O) groups excluding carboxylic acids is 4. The van der Waals surface area contributed by atoms with E-state index in [0.29, 0.717) is 54.4 Å². The van der Waals surface area contributed by atoms with Gasteiger partial charge in [0.2, 0.25) is 11.8 Å². The molecule has 3 unspecified atom stereocenters. The average Bonchev–Trinajstić information content (AvgIpc) is 3.72. The van der Waals surface area contributed by atoms with Gasteiger partial charge in [-0.05, 0) is 127 Å². The lowest BCUT2D eigenvalue weighted by atomic mass is 9.68. The highest BCUT2D eigenvalue weighted by atomic mass is 16.5. The molecule has 2 saturated heterocycles. The molecule has 10 rings (SSSR count). The van der Waals surface area contributed by atoms with E-state index in [1.54, 1.807) is 12.1 Å². The predicted octanol–water partition coefficient (Wildman–Crippen LogP) is 6.81. The Balaban J connectivity index is 0.717. The molecule has 2 N–H and O–H groups in total. The molecular formula is C48H48N4O6. The maximum absolute atomic E-state index is 13.5. The maximum atomic E-state index is 13.5. The third kappa shape index (κ3) is 6.47. The van der Waals surface area contributed by atoms with Crippen molar-refractivity contribution in [2.75, 3.05) is 19.6 Å². The SMILES string of the molecule is C=C1CCC(N2C(=O)c3cc4c(cc3C2=O)CN(CC(=O)N2CC3(CCC(Oc5ccc(C6c7ccc(O)cc7CCC6c6ccccc6)cc5)CC3)C2)C4)C(=O)N1. The molecule has 58 heavy (non-hydrogen) atoms. The zero-order valence-corrected chi connectivity index (χ0v) is 32.6. The van der Waals surface area contributed by atoms with E-state index in [9.17, 15) is 24.3 Å². The Hall–Kier alpha value is -5.74. The molecule has 4 heterocycles. The normalized spacial score (nSPS) is 24.0. The summed E-state index contributed by atoms with van der Waals surface area (Å²) in [5.41, 5.74) is 8.41. The second kappa shape index (κ2) is 14.3. The fourth-order valence-electron chi connectivity index (χ4n) is 10.7. The summed E-state index contributed by atoms with van der Waals surface area (Å²) in [6.07, 6.45) is 6.98. The van der Waals surface area contributed by atoms with E-state index in [4.69, 9.17) is 4.74 Å². The van der Waals surface area contributed by atoms with Crippen molar-refractivity contribution >= 4 is 23.6 Å². The van der Waals surface area contributed by atoms with Crippen LogP contribution in [0.3, 0.4) is 0 Å². The number of phenolic OH excluding ortho intramolecular Hbond substituents is 1. The van der Waals surface area contributed by atoms with Gasteiger partial charge in [0.05, 0.1) is 23.8 Å². The number of rotatable bonds is 7. The quantitative estimate of drug-likeness (QED) is 0.198. The van der Waals surface area contributed by atoms with E-state index < -0.39 is 17.9 Å². The van der Waals surface area contributed by atoms with Crippen LogP contribution >= 0.6 is 0 Å². The van der Waals surface area contributed by atoms with Crippen LogP contribution in [0.2, 0.25) is 0 Å². The highest BCUT2D eigenvalue weighted by Gasteiger charge is 2.48. The number of carbonyl (C=O) groups is 4. The maximum Gasteiger partial charge on any atom is 0.262 e. The number of likely N-dealkylation sites (tertiary alicyclic amines) is 1. The number of piperidine rings is 1. The van der Waals surface area contributed by atoms with Crippen molar-refractivity contribution in [1.29, 1.82) is 0 Å². The van der Waals surface area contributed by atoms with E-state index in [2.05, 4.69) is 77.5 Å². The summed E-state index contributed by atoms with van der Waals surface area (Å²) in [4.78, 5) is 57.9. The Labute approximate surface area is 338 Å². The van der Waals surface area contributed by atoms with Crippen LogP contribution in [-0.2, 0) is 29.1 Å². The van der Waals surface area contributed by atoms with Gasteiger partial charge in [0, 0.05) is 43.2 Å². The Kier molecular flexibility index (Phi) is 9.00. The number of ether oxygens (including phenoxy) is 1. The number of hydrogen-bond acceptors (Lipinski definition) is 7. The second-order valence-electron chi connectivity index (χ2n) is 17.5. The van der Waals surface area contributed by atoms with Gasteiger partial charge in [-0.25, -0.2) is 0 Å². The molecule has 2 aliphatic carbocycles. The molecule has 6 aliphatic rings. The van der Waals surface area contributed by atoms with E-state index in [1.807, 2.05) is 17.0 Å². The van der Waals surface area contributed by atoms with Crippen LogP contribution in [0.1, 0.15) is 111 Å². The third-order valence-electron chi connectivity index (χ3n) is 13.8. The summed E-state index contributed by atoms with van der Waals surface area (Å²) in [5, 5.41) is 12.9. The van der Waals surface area contributed by atoms with Crippen molar-refractivity contribution in [3.63, 3.8) is 0 Å². The molecule has 1 spiro atoms. The van der Waals surface area contributed by atoms with Gasteiger partial charge in [-0.15, -0.1) is 0 Å². The summed E-state index contributed by atoms with van der Waals surface area (Å²) < 4.78 is 6.55. The van der Waals surface area contributed by atoms with Crippen molar-refractivity contribution in [2.24, 2.45) is 5.41 Å². The van der Waals surface area contributed by atoms with Gasteiger partial charge in [-0.2, -0.15) is 0 Å². The number of fused-ring (bicyclic) bond motifs is 3. The number of benzene rings is 4. The zero-order chi connectivity index (χ0) is 39.7. The lowest BCUT2D eigenvalue weighted by molar-refractivity contribution is -0.148. The lowest BCUT2D eigenvalue weighted by Crippen LogP contribution is -2.61. The molecule has 0 bridgehead atoms. The van der Waals surface area contributed by atoms with Crippen molar-refractivity contribution in [1.82, 2.24) is 20.0 Å². The highest BCUT2D eigenvalue weighted by molar-refractivity contribution is 6.23. The number of hydrogen-bond donors (Lipinski definition) is 2. The molecule has 4 aromatic carbocycles. The molecule has 10 nitrogen and oxygen atoms in total. The largest absolute Gasteiger partial charge is 0.508 e. The summed E-state index contributed by atoms with van der Waals surface area (Å²) in [5.74, 6) is 0.629. The Morgan fingerprint density at radius 3 is 2.16 bits per heavy atom. The second-order valence-corrected chi connectivity index (χ2v) is 17.5. The van der Waals surface area contributed by atoms with E-state index in [-0.39, 0.29) is 35.8 Å². The molecule has 0 radical (unpaired) electrons. The number of nitrogens with one attached hydrogen (secondary N) is 1. The number of nitrogens with zero attached hydrogens (tertiary/aromatic N) is 3. The molecule has 4 aliphatic heterocycles. The van der Waals surface area contributed by atoms with Gasteiger partial charge in [0.15, 0.2) is 0 Å². The monoisotopic (exact) mass is 776 g/mol. The molecular weight excluding hydrogens is 729 g/mol. The topological polar surface area (TPSA) is 119 Å². The molecule has 4 amide bonds. The molecule has 10 heteroatoms. The van der Waals surface area contributed by atoms with Gasteiger partial charge >= 0.3 is 0 Å². The van der Waals surface area contributed by atoms with E-state index in [0.717, 1.165) is 73.4 Å². The standard InChI is InChI=1S/C48H48N4O6/c1-29-7-16-42(45(55)49-29)52-46(56)40-22-33-24-50(25-34(33)23-41(40)47(52)57)26-43(54)51-27-48(28-51)19-17-37(18-20-48)58-36-12-8-31(9-13-36)44-38(30-5-3-2-4-6-30)14-10-32-21-35(53)11-15-39(32)44/h2-6,8-9,11-13,15,21-23,37-38,42,44,53H,1,7,10,14,16-20,24-28H2,(H,49,55). The molecule has 1 saturated carbocycles. The minimum atomic E-state index is -0.833. The molecule has 3 fully saturated rings. The zero-order valence-electron chi connectivity index (χ0n) is 32.6. The number of aryl methyl sites for hydroxylation is 1. The highest BCUT2D eigenvalue weighted by Crippen LogP contribution is 2.48. The van der Waals surface area contributed by atoms with Crippen LogP contribution in [-0.4, -0.2) is 75.2 Å². The summed E-state index contributed by atoms with van der Waals surface area (Å²) in [6, 6.07) is 28.0. The summed E-state index contributed by atoms with van der Waals surface area (Å²) >= 11 is 0. The molecule has 3 atom stereocenters. The molecule has 0 aromatic heterocycles. The minimum absolute atomic E-state index is 0.111. The van der Waals surface area contributed by atoms with E-state index in [1.165, 1.54) is 22.3 Å². The van der Waals surface area contributed by atoms with Crippen LogP contribution in [0.4, 0.5) is 0 Å². The minimum Gasteiger partial charge on any atom is -0.508 e. The number of allylic oxidation sites excluding steroid dienone is 1. The summed E-state index contributed by atoms with van der Waals surface area (Å²) in [7, 11) is 0. The number of imide groups is 1. The van der Waals surface area contributed by atoms with Crippen LogP contribution in [0.5, 0.6) is 11.5 Å². The van der Waals surface area contributed by atoms with Crippen LogP contribution in [0.25, 0.3) is 0 Å².